The normalized spacial score (nSPS) is 11.2. The van der Waals surface area contributed by atoms with E-state index in [1.165, 1.54) is 36.7 Å². The van der Waals surface area contributed by atoms with Crippen molar-refractivity contribution in [2.24, 2.45) is 0 Å². The molecule has 0 aliphatic heterocycles. The number of pyridine rings is 1. The van der Waals surface area contributed by atoms with Crippen molar-refractivity contribution in [3.63, 3.8) is 0 Å². The maximum absolute atomic E-state index is 13.2. The zero-order valence-electron chi connectivity index (χ0n) is 9.17. The van der Waals surface area contributed by atoms with E-state index in [0.717, 1.165) is 6.07 Å². The van der Waals surface area contributed by atoms with Crippen molar-refractivity contribution in [3.05, 3.63) is 48.5 Å². The number of aromatic nitrogens is 1. The third-order valence-corrected chi connectivity index (χ3v) is 3.59. The molecule has 18 heavy (non-hydrogen) atoms. The van der Waals surface area contributed by atoms with Crippen LogP contribution in [0.15, 0.2) is 47.6 Å². The second-order valence-electron chi connectivity index (χ2n) is 3.52. The monoisotopic (exact) mass is 267 g/mol. The van der Waals surface area contributed by atoms with Gasteiger partial charge in [-0.3, -0.25) is 9.71 Å². The van der Waals surface area contributed by atoms with Crippen molar-refractivity contribution in [2.45, 2.75) is 4.90 Å². The van der Waals surface area contributed by atoms with Gasteiger partial charge in [0.2, 0.25) is 0 Å². The Kier molecular flexibility index (Phi) is 3.15. The summed E-state index contributed by atoms with van der Waals surface area (Å²) in [7, 11) is -3.83. The lowest BCUT2D eigenvalue weighted by Crippen LogP contribution is -2.13. The number of hydrogen-bond donors (Lipinski definition) is 2. The van der Waals surface area contributed by atoms with E-state index in [1.807, 2.05) is 0 Å². The fourth-order valence-corrected chi connectivity index (χ4v) is 2.38. The van der Waals surface area contributed by atoms with Crippen LogP contribution in [0.25, 0.3) is 0 Å². The molecule has 0 fully saturated rings. The number of halogens is 1. The predicted octanol–water partition coefficient (Wildman–Crippen LogP) is 1.60. The van der Waals surface area contributed by atoms with Gasteiger partial charge in [0.05, 0.1) is 16.3 Å². The highest BCUT2D eigenvalue weighted by Crippen LogP contribution is 2.19. The second-order valence-corrected chi connectivity index (χ2v) is 5.21. The van der Waals surface area contributed by atoms with Gasteiger partial charge in [0.25, 0.3) is 10.0 Å². The third kappa shape index (κ3) is 2.57. The number of anilines is 2. The summed E-state index contributed by atoms with van der Waals surface area (Å²) in [6.07, 6.45) is 2.89. The lowest BCUT2D eigenvalue weighted by atomic mass is 10.3. The van der Waals surface area contributed by atoms with Crippen molar-refractivity contribution >= 4 is 21.4 Å². The summed E-state index contributed by atoms with van der Waals surface area (Å²) < 4.78 is 39.4. The van der Waals surface area contributed by atoms with Gasteiger partial charge in [0.15, 0.2) is 0 Å². The molecule has 1 aromatic carbocycles. The molecule has 0 aliphatic rings. The minimum absolute atomic E-state index is 0.0992. The van der Waals surface area contributed by atoms with Crippen molar-refractivity contribution in [2.75, 3.05) is 10.5 Å². The summed E-state index contributed by atoms with van der Waals surface area (Å²) in [5.74, 6) is -0.771. The Hall–Kier alpha value is -2.15. The molecule has 0 atom stereocenters. The molecule has 0 saturated carbocycles. The Bertz CT molecular complexity index is 659. The zero-order valence-corrected chi connectivity index (χ0v) is 9.99. The zero-order chi connectivity index (χ0) is 13.2. The summed E-state index contributed by atoms with van der Waals surface area (Å²) in [5.41, 5.74) is 5.54. The lowest BCUT2D eigenvalue weighted by Gasteiger charge is -2.08. The van der Waals surface area contributed by atoms with Crippen LogP contribution in [0, 0.1) is 5.82 Å². The van der Waals surface area contributed by atoms with Gasteiger partial charge < -0.3 is 5.73 Å². The Morgan fingerprint density at radius 1 is 1.17 bits per heavy atom. The SMILES string of the molecule is Nc1ccc(S(=O)(=O)Nc2ccncc2)cc1F. The van der Waals surface area contributed by atoms with Crippen molar-refractivity contribution in [1.82, 2.24) is 4.98 Å². The molecule has 1 heterocycles. The molecule has 7 heteroatoms. The molecule has 94 valence electrons. The van der Waals surface area contributed by atoms with Crippen LogP contribution in [0.3, 0.4) is 0 Å². The van der Waals surface area contributed by atoms with E-state index in [2.05, 4.69) is 9.71 Å². The number of nitrogens with zero attached hydrogens (tertiary/aromatic N) is 1. The van der Waals surface area contributed by atoms with E-state index in [9.17, 15) is 12.8 Å². The molecule has 2 rings (SSSR count). The average molecular weight is 267 g/mol. The number of benzene rings is 1. The van der Waals surface area contributed by atoms with Gasteiger partial charge in [-0.25, -0.2) is 12.8 Å². The summed E-state index contributed by atoms with van der Waals surface area (Å²) in [6, 6.07) is 6.30. The quantitative estimate of drug-likeness (QED) is 0.827. The molecule has 0 radical (unpaired) electrons. The first kappa shape index (κ1) is 12.3. The van der Waals surface area contributed by atoms with E-state index in [-0.39, 0.29) is 10.6 Å². The minimum Gasteiger partial charge on any atom is -0.396 e. The van der Waals surface area contributed by atoms with E-state index >= 15 is 0 Å². The Morgan fingerprint density at radius 2 is 1.83 bits per heavy atom. The molecule has 0 bridgehead atoms. The smallest absolute Gasteiger partial charge is 0.261 e. The predicted molar refractivity (Wildman–Crippen MR) is 65.9 cm³/mol. The average Bonchev–Trinajstić information content (AvgIpc) is 2.33. The Morgan fingerprint density at radius 3 is 2.44 bits per heavy atom. The van der Waals surface area contributed by atoms with E-state index < -0.39 is 15.8 Å². The molecule has 1 aromatic heterocycles. The fraction of sp³-hybridized carbons (Fsp3) is 0. The largest absolute Gasteiger partial charge is 0.396 e. The first-order chi connectivity index (χ1) is 8.49. The van der Waals surface area contributed by atoms with Crippen LogP contribution in [-0.2, 0) is 10.0 Å². The van der Waals surface area contributed by atoms with E-state index in [1.54, 1.807) is 0 Å². The number of hydrogen-bond acceptors (Lipinski definition) is 4. The molecule has 0 aliphatic carbocycles. The maximum atomic E-state index is 13.2. The van der Waals surface area contributed by atoms with Gasteiger partial charge in [-0.1, -0.05) is 0 Å². The molecule has 0 spiro atoms. The molecule has 5 nitrogen and oxygen atoms in total. The highest BCUT2D eigenvalue weighted by Gasteiger charge is 2.15. The van der Waals surface area contributed by atoms with Crippen molar-refractivity contribution < 1.29 is 12.8 Å². The summed E-state index contributed by atoms with van der Waals surface area (Å²) in [6.45, 7) is 0. The first-order valence-corrected chi connectivity index (χ1v) is 6.45. The number of nitrogen functional groups attached to an aromatic ring is 1. The topological polar surface area (TPSA) is 85.1 Å². The summed E-state index contributed by atoms with van der Waals surface area (Å²) >= 11 is 0. The van der Waals surface area contributed by atoms with Crippen LogP contribution < -0.4 is 10.5 Å². The van der Waals surface area contributed by atoms with Crippen molar-refractivity contribution in [1.29, 1.82) is 0 Å². The minimum atomic E-state index is -3.83. The molecule has 0 unspecified atom stereocenters. The van der Waals surface area contributed by atoms with Crippen LogP contribution in [0.2, 0.25) is 0 Å². The number of rotatable bonds is 3. The summed E-state index contributed by atoms with van der Waals surface area (Å²) in [5, 5.41) is 0. The van der Waals surface area contributed by atoms with Gasteiger partial charge in [0, 0.05) is 12.4 Å². The Labute approximate surface area is 104 Å². The van der Waals surface area contributed by atoms with Crippen LogP contribution in [0.1, 0.15) is 0 Å². The molecule has 2 aromatic rings. The first-order valence-electron chi connectivity index (χ1n) is 4.97. The van der Waals surface area contributed by atoms with Gasteiger partial charge in [0.1, 0.15) is 5.82 Å². The number of nitrogens with two attached hydrogens (primary N) is 1. The molecule has 0 saturated heterocycles. The van der Waals surface area contributed by atoms with Crippen LogP contribution >= 0.6 is 0 Å². The maximum Gasteiger partial charge on any atom is 0.261 e. The Balaban J connectivity index is 2.34. The highest BCUT2D eigenvalue weighted by atomic mass is 32.2. The van der Waals surface area contributed by atoms with E-state index in [4.69, 9.17) is 5.73 Å². The standard InChI is InChI=1S/C11H10FN3O2S/c12-10-7-9(1-2-11(10)13)18(16,17)15-8-3-5-14-6-4-8/h1-7H,13H2,(H,14,15). The molecular weight excluding hydrogens is 257 g/mol. The number of sulfonamides is 1. The fourth-order valence-electron chi connectivity index (χ4n) is 1.31. The van der Waals surface area contributed by atoms with Crippen molar-refractivity contribution in [3.8, 4) is 0 Å². The van der Waals surface area contributed by atoms with Gasteiger partial charge >= 0.3 is 0 Å². The van der Waals surface area contributed by atoms with E-state index in [0.29, 0.717) is 5.69 Å². The second kappa shape index (κ2) is 4.61. The highest BCUT2D eigenvalue weighted by molar-refractivity contribution is 7.92. The molecule has 3 N–H and O–H groups in total. The van der Waals surface area contributed by atoms with Gasteiger partial charge in [-0.15, -0.1) is 0 Å². The molecular formula is C11H10FN3O2S. The third-order valence-electron chi connectivity index (χ3n) is 2.21. The van der Waals surface area contributed by atoms with Gasteiger partial charge in [-0.2, -0.15) is 0 Å². The van der Waals surface area contributed by atoms with Gasteiger partial charge in [-0.05, 0) is 30.3 Å². The molecule has 0 amide bonds. The lowest BCUT2D eigenvalue weighted by molar-refractivity contribution is 0.596. The number of nitrogens with one attached hydrogen (secondary N) is 1. The van der Waals surface area contributed by atoms with Crippen LogP contribution in [0.5, 0.6) is 0 Å². The summed E-state index contributed by atoms with van der Waals surface area (Å²) in [4.78, 5) is 3.57. The van der Waals surface area contributed by atoms with Crippen LogP contribution in [-0.4, -0.2) is 13.4 Å². The van der Waals surface area contributed by atoms with Crippen LogP contribution in [0.4, 0.5) is 15.8 Å².